The summed E-state index contributed by atoms with van der Waals surface area (Å²) in [4.78, 5) is 64.5. The van der Waals surface area contributed by atoms with Gasteiger partial charge in [-0.15, -0.1) is 23.1 Å². The van der Waals surface area contributed by atoms with Crippen molar-refractivity contribution in [3.05, 3.63) is 22.3 Å². The predicted octanol–water partition coefficient (Wildman–Crippen LogP) is 1.09. The molecule has 3 atom stereocenters. The Morgan fingerprint density at radius 3 is 2.55 bits per heavy atom. The van der Waals surface area contributed by atoms with E-state index in [9.17, 15) is 24.3 Å². The fourth-order valence-corrected chi connectivity index (χ4v) is 7.63. The summed E-state index contributed by atoms with van der Waals surface area (Å²) in [6, 6.07) is -0.961. The van der Waals surface area contributed by atoms with E-state index in [-0.39, 0.29) is 27.6 Å². The molecule has 242 valence electrons. The van der Waals surface area contributed by atoms with E-state index in [1.54, 1.807) is 13.8 Å². The van der Waals surface area contributed by atoms with Crippen LogP contribution in [0.2, 0.25) is 0 Å². The Morgan fingerprint density at radius 1 is 1.30 bits per heavy atom. The largest absolute Gasteiger partial charge is 0.478 e. The molecule has 3 unspecified atom stereocenters. The number of methoxy groups -OCH3 is 1. The third-order valence-electron chi connectivity index (χ3n) is 8.43. The van der Waals surface area contributed by atoms with E-state index < -0.39 is 47.2 Å². The number of nitrogen functional groups attached to an aromatic ring is 1. The molecule has 3 aliphatic rings. The normalized spacial score (nSPS) is 22.7. The predicted molar refractivity (Wildman–Crippen MR) is 167 cm³/mol. The average Bonchev–Trinajstić information content (AvgIpc) is 3.43. The Morgan fingerprint density at radius 2 is 2.00 bits per heavy atom. The number of ether oxygens (including phenoxy) is 1. The number of carbonyl (C=O) groups excluding carboxylic acids is 3. The summed E-state index contributed by atoms with van der Waals surface area (Å²) in [5, 5.41) is 20.4. The Bertz CT molecular complexity index is 1320. The highest BCUT2D eigenvalue weighted by Gasteiger charge is 2.55. The number of likely N-dealkylation sites (tertiary alicyclic amines) is 1. The number of rotatable bonds is 13. The van der Waals surface area contributed by atoms with Crippen LogP contribution >= 0.6 is 23.1 Å². The van der Waals surface area contributed by atoms with Crippen molar-refractivity contribution in [1.29, 1.82) is 0 Å². The van der Waals surface area contributed by atoms with Gasteiger partial charge in [0.1, 0.15) is 22.8 Å². The van der Waals surface area contributed by atoms with Crippen LogP contribution in [-0.4, -0.2) is 113 Å². The Kier molecular flexibility index (Phi) is 10.9. The molecule has 14 nitrogen and oxygen atoms in total. The fourth-order valence-electron chi connectivity index (χ4n) is 5.75. The number of hydrogen-bond donors (Lipinski definition) is 4. The van der Waals surface area contributed by atoms with Gasteiger partial charge in [-0.2, -0.15) is 0 Å². The van der Waals surface area contributed by atoms with Gasteiger partial charge in [0.15, 0.2) is 10.8 Å². The summed E-state index contributed by atoms with van der Waals surface area (Å²) >= 11 is 2.52. The number of esters is 1. The Labute approximate surface area is 264 Å². The minimum atomic E-state index is -1.31. The van der Waals surface area contributed by atoms with Gasteiger partial charge >= 0.3 is 11.9 Å². The minimum absolute atomic E-state index is 0.0820. The maximum absolute atomic E-state index is 13.5. The lowest BCUT2D eigenvalue weighted by atomic mass is 9.76. The number of thioether (sulfide) groups is 1. The van der Waals surface area contributed by atoms with Gasteiger partial charge in [0.25, 0.3) is 11.8 Å². The van der Waals surface area contributed by atoms with E-state index in [0.717, 1.165) is 55.8 Å². The molecule has 2 amide bonds. The number of piperidine rings is 1. The number of β-lactam (4-membered cyclic amide) rings is 1. The van der Waals surface area contributed by atoms with Gasteiger partial charge in [-0.3, -0.25) is 19.4 Å². The topological polar surface area (TPSA) is 189 Å². The zero-order valence-corrected chi connectivity index (χ0v) is 27.3. The lowest BCUT2D eigenvalue weighted by Gasteiger charge is -2.50. The van der Waals surface area contributed by atoms with Gasteiger partial charge in [-0.1, -0.05) is 25.9 Å². The number of fused-ring (bicyclic) bond motifs is 1. The smallest absolute Gasteiger partial charge is 0.354 e. The highest BCUT2D eigenvalue weighted by molar-refractivity contribution is 8.00. The molecule has 4 heterocycles. The first-order valence-electron chi connectivity index (χ1n) is 14.6. The van der Waals surface area contributed by atoms with Crippen LogP contribution in [-0.2, 0) is 28.8 Å². The molecular weight excluding hydrogens is 610 g/mol. The minimum Gasteiger partial charge on any atom is -0.478 e. The molecule has 1 aromatic heterocycles. The van der Waals surface area contributed by atoms with Crippen LogP contribution in [0.25, 0.3) is 0 Å². The van der Waals surface area contributed by atoms with Crippen molar-refractivity contribution in [2.24, 2.45) is 16.5 Å². The van der Waals surface area contributed by atoms with Crippen molar-refractivity contribution in [1.82, 2.24) is 25.4 Å². The first-order chi connectivity index (χ1) is 20.9. The van der Waals surface area contributed by atoms with Crippen LogP contribution in [0.3, 0.4) is 0 Å². The summed E-state index contributed by atoms with van der Waals surface area (Å²) < 4.78 is 5.08. The number of oxime groups is 1. The monoisotopic (exact) mass is 651 g/mol. The van der Waals surface area contributed by atoms with Gasteiger partial charge in [-0.05, 0) is 50.4 Å². The SMILES string of the molecule is CCC1(CNC)CCN(CC2=C(C(=O)OC)N3C(=O)C(NC(=O)/C(=N\OC(C(=O)O)C(C)C)c4csc(N)n4)C3SC2)CC1. The number of nitrogens with two attached hydrogens (primary N) is 1. The van der Waals surface area contributed by atoms with Crippen molar-refractivity contribution in [3.8, 4) is 0 Å². The molecule has 0 aliphatic carbocycles. The van der Waals surface area contributed by atoms with Gasteiger partial charge < -0.3 is 31.0 Å². The molecule has 2 saturated heterocycles. The van der Waals surface area contributed by atoms with Crippen molar-refractivity contribution in [2.75, 3.05) is 51.8 Å². The third kappa shape index (κ3) is 7.03. The van der Waals surface area contributed by atoms with Gasteiger partial charge in [0.2, 0.25) is 6.10 Å². The molecule has 0 radical (unpaired) electrons. The van der Waals surface area contributed by atoms with Crippen molar-refractivity contribution in [3.63, 3.8) is 0 Å². The Balaban J connectivity index is 1.50. The maximum Gasteiger partial charge on any atom is 0.354 e. The molecule has 0 spiro atoms. The van der Waals surface area contributed by atoms with Gasteiger partial charge in [0.05, 0.1) is 7.11 Å². The molecule has 4 rings (SSSR count). The third-order valence-corrected chi connectivity index (χ3v) is 10.4. The highest BCUT2D eigenvalue weighted by Crippen LogP contribution is 2.42. The van der Waals surface area contributed by atoms with Crippen LogP contribution in [0, 0.1) is 11.3 Å². The van der Waals surface area contributed by atoms with Crippen molar-refractivity contribution in [2.45, 2.75) is 57.6 Å². The zero-order valence-electron chi connectivity index (χ0n) is 25.6. The van der Waals surface area contributed by atoms with Crippen LogP contribution in [0.5, 0.6) is 0 Å². The summed E-state index contributed by atoms with van der Waals surface area (Å²) in [6.45, 7) is 8.80. The molecule has 0 saturated carbocycles. The summed E-state index contributed by atoms with van der Waals surface area (Å²) in [5.41, 5.74) is 6.82. The number of aromatic nitrogens is 1. The lowest BCUT2D eigenvalue weighted by Crippen LogP contribution is -2.71. The average molecular weight is 652 g/mol. The number of amides is 2. The first-order valence-corrected chi connectivity index (χ1v) is 16.5. The quantitative estimate of drug-likeness (QED) is 0.103. The van der Waals surface area contributed by atoms with Crippen LogP contribution in [0.1, 0.15) is 45.7 Å². The number of thiazole rings is 1. The van der Waals surface area contributed by atoms with Gasteiger partial charge in [-0.25, -0.2) is 14.6 Å². The molecule has 44 heavy (non-hydrogen) atoms. The Hall–Kier alpha value is -3.21. The number of carbonyl (C=O) groups is 4. The summed E-state index contributed by atoms with van der Waals surface area (Å²) in [6.07, 6.45) is 1.87. The molecule has 16 heteroatoms. The van der Waals surface area contributed by atoms with Crippen LogP contribution < -0.4 is 16.4 Å². The molecule has 3 aliphatic heterocycles. The number of aliphatic carboxylic acids is 1. The van der Waals surface area contributed by atoms with Crippen LogP contribution in [0.4, 0.5) is 5.13 Å². The number of nitrogens with one attached hydrogen (secondary N) is 2. The zero-order chi connectivity index (χ0) is 32.2. The first kappa shape index (κ1) is 33.7. The highest BCUT2D eigenvalue weighted by atomic mass is 32.2. The molecule has 5 N–H and O–H groups in total. The second kappa shape index (κ2) is 14.3. The van der Waals surface area contributed by atoms with E-state index >= 15 is 0 Å². The van der Waals surface area contributed by atoms with Crippen molar-refractivity contribution < 1.29 is 33.9 Å². The molecule has 2 fully saturated rings. The maximum atomic E-state index is 13.5. The second-order valence-corrected chi connectivity index (χ2v) is 13.6. The number of carboxylic acids is 1. The van der Waals surface area contributed by atoms with Gasteiger partial charge in [0, 0.05) is 30.1 Å². The number of anilines is 1. The molecule has 1 aromatic rings. The number of carboxylic acid groups (broad SMARTS) is 1. The standard InChI is InChI=1S/C28H41N7O7S2/c1-6-28(14-30-4)7-9-34(10-8-28)11-16-12-43-24-19(23(37)35(24)20(16)26(40)41-5)32-22(36)18(17-13-44-27(29)31-17)33-42-21(15(2)3)25(38)39/h13,15,19,21,24,30H,6-12,14H2,1-5H3,(H2,29,31)(H,32,36)(H,38,39)/b33-18-. The summed E-state index contributed by atoms with van der Waals surface area (Å²) in [7, 11) is 3.26. The van der Waals surface area contributed by atoms with Crippen molar-refractivity contribution >= 4 is 57.7 Å². The van der Waals surface area contributed by atoms with E-state index in [0.29, 0.717) is 12.3 Å². The van der Waals surface area contributed by atoms with E-state index in [2.05, 4.69) is 32.6 Å². The lowest BCUT2D eigenvalue weighted by molar-refractivity contribution is -0.153. The number of nitrogens with zero attached hydrogens (tertiary/aromatic N) is 4. The number of hydrogen-bond acceptors (Lipinski definition) is 13. The van der Waals surface area contributed by atoms with E-state index in [4.69, 9.17) is 15.3 Å². The van der Waals surface area contributed by atoms with Crippen LogP contribution in [0.15, 0.2) is 21.8 Å². The molecule has 0 bridgehead atoms. The second-order valence-electron chi connectivity index (χ2n) is 11.6. The summed E-state index contributed by atoms with van der Waals surface area (Å²) in [5.74, 6) is -3.04. The molecule has 0 aromatic carbocycles. The van der Waals surface area contributed by atoms with E-state index in [1.165, 1.54) is 29.2 Å². The molecular formula is C28H41N7O7S2. The van der Waals surface area contributed by atoms with E-state index in [1.807, 2.05) is 7.05 Å². The fraction of sp³-hybridized carbons (Fsp3) is 0.643.